The van der Waals surface area contributed by atoms with E-state index in [-0.39, 0.29) is 16.4 Å². The van der Waals surface area contributed by atoms with Crippen LogP contribution in [0.5, 0.6) is 0 Å². The number of thiophene rings is 1. The van der Waals surface area contributed by atoms with E-state index in [4.69, 9.17) is 10.8 Å². The molecular weight excluding hydrogens is 356 g/mol. The normalized spacial score (nSPS) is 10.5. The van der Waals surface area contributed by atoms with Gasteiger partial charge in [-0.3, -0.25) is 0 Å². The van der Waals surface area contributed by atoms with Gasteiger partial charge in [0.1, 0.15) is 10.7 Å². The third kappa shape index (κ3) is 2.42. The van der Waals surface area contributed by atoms with Gasteiger partial charge in [-0.05, 0) is 46.9 Å². The SMILES string of the molecule is Nc1cc(-c2ccc(F)cc2I)sc1C(=O)O. The van der Waals surface area contributed by atoms with Crippen molar-refractivity contribution in [1.29, 1.82) is 0 Å². The van der Waals surface area contributed by atoms with Crippen LogP contribution in [0.15, 0.2) is 24.3 Å². The number of hydrogen-bond donors (Lipinski definition) is 2. The Bertz CT molecular complexity index is 597. The summed E-state index contributed by atoms with van der Waals surface area (Å²) in [5.41, 5.74) is 6.63. The zero-order valence-electron chi connectivity index (χ0n) is 8.41. The summed E-state index contributed by atoms with van der Waals surface area (Å²) >= 11 is 3.10. The maximum absolute atomic E-state index is 13.0. The molecule has 1 heterocycles. The predicted molar refractivity (Wildman–Crippen MR) is 73.8 cm³/mol. The molecule has 0 spiro atoms. The van der Waals surface area contributed by atoms with E-state index in [9.17, 15) is 9.18 Å². The number of rotatable bonds is 2. The van der Waals surface area contributed by atoms with E-state index in [1.165, 1.54) is 12.1 Å². The molecular formula is C11H7FINO2S. The molecule has 6 heteroatoms. The van der Waals surface area contributed by atoms with Crippen LogP contribution in [0.4, 0.5) is 10.1 Å². The highest BCUT2D eigenvalue weighted by Crippen LogP contribution is 2.35. The average Bonchev–Trinajstić information content (AvgIpc) is 2.60. The molecule has 0 bridgehead atoms. The molecule has 0 saturated heterocycles. The summed E-state index contributed by atoms with van der Waals surface area (Å²) in [6.45, 7) is 0. The van der Waals surface area contributed by atoms with Gasteiger partial charge in [0.15, 0.2) is 0 Å². The number of hydrogen-bond acceptors (Lipinski definition) is 3. The Hall–Kier alpha value is -1.15. The Balaban J connectivity index is 2.53. The van der Waals surface area contributed by atoms with Crippen LogP contribution in [-0.2, 0) is 0 Å². The van der Waals surface area contributed by atoms with Crippen molar-refractivity contribution in [2.45, 2.75) is 0 Å². The Kier molecular flexibility index (Phi) is 3.34. The van der Waals surface area contributed by atoms with Crippen molar-refractivity contribution >= 4 is 45.6 Å². The van der Waals surface area contributed by atoms with E-state index in [1.807, 2.05) is 22.6 Å². The molecule has 0 aliphatic rings. The number of anilines is 1. The van der Waals surface area contributed by atoms with Crippen molar-refractivity contribution in [3.05, 3.63) is 38.5 Å². The summed E-state index contributed by atoms with van der Waals surface area (Å²) in [5, 5.41) is 8.91. The molecule has 1 aromatic carbocycles. The highest BCUT2D eigenvalue weighted by atomic mass is 127. The molecule has 0 saturated carbocycles. The first kappa shape index (κ1) is 12.3. The summed E-state index contributed by atoms with van der Waals surface area (Å²) in [4.78, 5) is 11.7. The number of halogens is 2. The van der Waals surface area contributed by atoms with Crippen molar-refractivity contribution < 1.29 is 14.3 Å². The molecule has 3 N–H and O–H groups in total. The van der Waals surface area contributed by atoms with Gasteiger partial charge < -0.3 is 10.8 Å². The van der Waals surface area contributed by atoms with Gasteiger partial charge in [0.25, 0.3) is 0 Å². The van der Waals surface area contributed by atoms with Gasteiger partial charge in [0.2, 0.25) is 0 Å². The summed E-state index contributed by atoms with van der Waals surface area (Å²) in [6.07, 6.45) is 0. The molecule has 0 atom stereocenters. The smallest absolute Gasteiger partial charge is 0.348 e. The summed E-state index contributed by atoms with van der Waals surface area (Å²) < 4.78 is 13.7. The fourth-order valence-electron chi connectivity index (χ4n) is 1.39. The number of aromatic carboxylic acids is 1. The van der Waals surface area contributed by atoms with Crippen LogP contribution < -0.4 is 5.73 Å². The van der Waals surface area contributed by atoms with E-state index in [0.717, 1.165) is 25.3 Å². The lowest BCUT2D eigenvalue weighted by atomic mass is 10.2. The number of carboxylic acid groups (broad SMARTS) is 1. The van der Waals surface area contributed by atoms with Crippen LogP contribution in [0.2, 0.25) is 0 Å². The highest BCUT2D eigenvalue weighted by molar-refractivity contribution is 14.1. The first-order valence-electron chi connectivity index (χ1n) is 4.57. The Morgan fingerprint density at radius 3 is 2.65 bits per heavy atom. The topological polar surface area (TPSA) is 63.3 Å². The summed E-state index contributed by atoms with van der Waals surface area (Å²) in [7, 11) is 0. The highest BCUT2D eigenvalue weighted by Gasteiger charge is 2.15. The second-order valence-corrected chi connectivity index (χ2v) is 5.54. The van der Waals surface area contributed by atoms with Crippen molar-refractivity contribution in [1.82, 2.24) is 0 Å². The maximum atomic E-state index is 13.0. The molecule has 1 aromatic heterocycles. The van der Waals surface area contributed by atoms with Crippen LogP contribution in [0.3, 0.4) is 0 Å². The average molecular weight is 363 g/mol. The zero-order chi connectivity index (χ0) is 12.6. The van der Waals surface area contributed by atoms with E-state index < -0.39 is 5.97 Å². The largest absolute Gasteiger partial charge is 0.477 e. The number of benzene rings is 1. The van der Waals surface area contributed by atoms with Crippen molar-refractivity contribution in [2.24, 2.45) is 0 Å². The molecule has 0 amide bonds. The molecule has 88 valence electrons. The van der Waals surface area contributed by atoms with Crippen LogP contribution in [-0.4, -0.2) is 11.1 Å². The van der Waals surface area contributed by atoms with Crippen molar-refractivity contribution in [3.63, 3.8) is 0 Å². The minimum atomic E-state index is -1.05. The van der Waals surface area contributed by atoms with Crippen LogP contribution >= 0.6 is 33.9 Å². The molecule has 0 fully saturated rings. The Morgan fingerprint density at radius 1 is 1.41 bits per heavy atom. The summed E-state index contributed by atoms with van der Waals surface area (Å²) in [6, 6.07) is 5.96. The molecule has 2 aromatic rings. The third-order valence-electron chi connectivity index (χ3n) is 2.15. The van der Waals surface area contributed by atoms with E-state index >= 15 is 0 Å². The number of carbonyl (C=O) groups is 1. The molecule has 17 heavy (non-hydrogen) atoms. The maximum Gasteiger partial charge on any atom is 0.348 e. The fourth-order valence-corrected chi connectivity index (χ4v) is 3.30. The van der Waals surface area contributed by atoms with Gasteiger partial charge in [0.05, 0.1) is 5.69 Å². The predicted octanol–water partition coefficient (Wildman–Crippen LogP) is 3.44. The van der Waals surface area contributed by atoms with Gasteiger partial charge in [0, 0.05) is 14.0 Å². The molecule has 3 nitrogen and oxygen atoms in total. The number of nitrogen functional groups attached to an aromatic ring is 1. The number of carboxylic acids is 1. The van der Waals surface area contributed by atoms with Gasteiger partial charge >= 0.3 is 5.97 Å². The molecule has 0 unspecified atom stereocenters. The number of nitrogens with two attached hydrogens (primary N) is 1. The summed E-state index contributed by atoms with van der Waals surface area (Å²) in [5.74, 6) is -1.36. The second-order valence-electron chi connectivity index (χ2n) is 3.32. The monoisotopic (exact) mass is 363 g/mol. The zero-order valence-corrected chi connectivity index (χ0v) is 11.4. The quantitative estimate of drug-likeness (QED) is 0.804. The van der Waals surface area contributed by atoms with E-state index in [0.29, 0.717) is 0 Å². The molecule has 2 rings (SSSR count). The second kappa shape index (κ2) is 4.61. The minimum absolute atomic E-state index is 0.111. The van der Waals surface area contributed by atoms with Crippen molar-refractivity contribution in [2.75, 3.05) is 5.73 Å². The third-order valence-corrected chi connectivity index (χ3v) is 4.22. The molecule has 0 radical (unpaired) electrons. The minimum Gasteiger partial charge on any atom is -0.477 e. The van der Waals surface area contributed by atoms with Gasteiger partial charge in [-0.15, -0.1) is 11.3 Å². The van der Waals surface area contributed by atoms with Crippen LogP contribution in [0, 0.1) is 9.39 Å². The van der Waals surface area contributed by atoms with Crippen molar-refractivity contribution in [3.8, 4) is 10.4 Å². The lowest BCUT2D eigenvalue weighted by molar-refractivity contribution is 0.0703. The van der Waals surface area contributed by atoms with Gasteiger partial charge in [-0.2, -0.15) is 0 Å². The Labute approximate surface area is 114 Å². The first-order chi connectivity index (χ1) is 7.99. The molecule has 0 aliphatic carbocycles. The van der Waals surface area contributed by atoms with E-state index in [2.05, 4.69) is 0 Å². The fraction of sp³-hybridized carbons (Fsp3) is 0. The standard InChI is InChI=1S/C11H7FINO2S/c12-5-1-2-6(7(13)3-5)9-4-8(14)10(17-9)11(15)16/h1-4H,14H2,(H,15,16). The first-order valence-corrected chi connectivity index (χ1v) is 6.46. The van der Waals surface area contributed by atoms with Crippen LogP contribution in [0.25, 0.3) is 10.4 Å². The van der Waals surface area contributed by atoms with Gasteiger partial charge in [-0.1, -0.05) is 0 Å². The van der Waals surface area contributed by atoms with E-state index in [1.54, 1.807) is 12.1 Å². The lowest BCUT2D eigenvalue weighted by Crippen LogP contribution is -1.96. The van der Waals surface area contributed by atoms with Crippen LogP contribution in [0.1, 0.15) is 9.67 Å². The Morgan fingerprint density at radius 2 is 2.12 bits per heavy atom. The molecule has 0 aliphatic heterocycles. The van der Waals surface area contributed by atoms with Gasteiger partial charge in [-0.25, -0.2) is 9.18 Å². The lowest BCUT2D eigenvalue weighted by Gasteiger charge is -2.00.